The van der Waals surface area contributed by atoms with Gasteiger partial charge in [0.1, 0.15) is 5.82 Å². The topological polar surface area (TPSA) is 66.5 Å². The van der Waals surface area contributed by atoms with E-state index in [2.05, 4.69) is 27.4 Å². The molecule has 3 heterocycles. The summed E-state index contributed by atoms with van der Waals surface area (Å²) in [5.41, 5.74) is 1.04. The number of carbonyl (C=O) groups is 1. The van der Waals surface area contributed by atoms with Gasteiger partial charge in [0.2, 0.25) is 5.91 Å². The highest BCUT2D eigenvalue weighted by Gasteiger charge is 2.18. The predicted octanol–water partition coefficient (Wildman–Crippen LogP) is 2.16. The Bertz CT molecular complexity index is 538. The fourth-order valence-electron chi connectivity index (χ4n) is 3.32. The van der Waals surface area contributed by atoms with Gasteiger partial charge in [-0.3, -0.25) is 4.79 Å². The van der Waals surface area contributed by atoms with E-state index in [1.807, 2.05) is 18.3 Å². The van der Waals surface area contributed by atoms with Crippen LogP contribution in [0.15, 0.2) is 18.3 Å². The number of anilines is 1. The van der Waals surface area contributed by atoms with E-state index in [4.69, 9.17) is 4.74 Å². The zero-order valence-electron chi connectivity index (χ0n) is 15.3. The quantitative estimate of drug-likeness (QED) is 0.760. The minimum absolute atomic E-state index is 0. The Morgan fingerprint density at radius 3 is 2.92 bits per heavy atom. The molecular weight excluding hydrogens is 375 g/mol. The zero-order valence-corrected chi connectivity index (χ0v) is 16.9. The lowest BCUT2D eigenvalue weighted by Gasteiger charge is -2.32. The van der Waals surface area contributed by atoms with Crippen molar-refractivity contribution in [3.63, 3.8) is 0 Å². The van der Waals surface area contributed by atoms with Crippen molar-refractivity contribution < 1.29 is 9.53 Å². The van der Waals surface area contributed by atoms with E-state index in [0.29, 0.717) is 18.9 Å². The lowest BCUT2D eigenvalue weighted by molar-refractivity contribution is -0.121. The van der Waals surface area contributed by atoms with Crippen LogP contribution in [-0.4, -0.2) is 49.8 Å². The summed E-state index contributed by atoms with van der Waals surface area (Å²) in [7, 11) is 0. The number of carbonyl (C=O) groups excluding carboxylic acids is 1. The first-order chi connectivity index (χ1) is 11.7. The van der Waals surface area contributed by atoms with Gasteiger partial charge in [0.15, 0.2) is 0 Å². The van der Waals surface area contributed by atoms with Crippen LogP contribution in [0.5, 0.6) is 0 Å². The minimum Gasteiger partial charge on any atom is -0.375 e. The van der Waals surface area contributed by atoms with Gasteiger partial charge in [-0.15, -0.1) is 24.8 Å². The number of hydrogen-bond donors (Lipinski definition) is 2. The summed E-state index contributed by atoms with van der Waals surface area (Å²) < 4.78 is 5.56. The molecule has 2 atom stereocenters. The monoisotopic (exact) mass is 404 g/mol. The van der Waals surface area contributed by atoms with E-state index in [-0.39, 0.29) is 36.8 Å². The molecule has 2 saturated heterocycles. The van der Waals surface area contributed by atoms with Crippen LogP contribution in [0.2, 0.25) is 0 Å². The normalized spacial score (nSPS) is 22.3. The molecule has 2 aliphatic rings. The highest BCUT2D eigenvalue weighted by molar-refractivity contribution is 5.85. The van der Waals surface area contributed by atoms with Gasteiger partial charge in [-0.2, -0.15) is 0 Å². The smallest absolute Gasteiger partial charge is 0.220 e. The summed E-state index contributed by atoms with van der Waals surface area (Å²) in [5, 5.41) is 6.33. The van der Waals surface area contributed by atoms with Gasteiger partial charge in [-0.05, 0) is 50.4 Å². The van der Waals surface area contributed by atoms with Crippen LogP contribution in [0.4, 0.5) is 5.82 Å². The lowest BCUT2D eigenvalue weighted by Crippen LogP contribution is -2.41. The molecule has 0 radical (unpaired) electrons. The van der Waals surface area contributed by atoms with Crippen molar-refractivity contribution in [2.24, 2.45) is 5.92 Å². The van der Waals surface area contributed by atoms with Crippen LogP contribution in [0, 0.1) is 5.92 Å². The largest absolute Gasteiger partial charge is 0.375 e. The van der Waals surface area contributed by atoms with Crippen LogP contribution < -0.4 is 15.5 Å². The molecular formula is C18H30Cl2N4O2. The van der Waals surface area contributed by atoms with Crippen molar-refractivity contribution in [3.8, 4) is 0 Å². The molecule has 0 saturated carbocycles. The fraction of sp³-hybridized carbons (Fsp3) is 0.667. The van der Waals surface area contributed by atoms with Gasteiger partial charge in [-0.25, -0.2) is 4.98 Å². The van der Waals surface area contributed by atoms with Crippen molar-refractivity contribution in [2.45, 2.75) is 38.8 Å². The molecule has 2 unspecified atom stereocenters. The molecule has 3 rings (SSSR count). The molecule has 2 fully saturated rings. The summed E-state index contributed by atoms with van der Waals surface area (Å²) in [5.74, 6) is 1.77. The number of hydrogen-bond acceptors (Lipinski definition) is 5. The second-order valence-electron chi connectivity index (χ2n) is 6.83. The molecule has 26 heavy (non-hydrogen) atoms. The van der Waals surface area contributed by atoms with Gasteiger partial charge in [0, 0.05) is 32.3 Å². The molecule has 0 bridgehead atoms. The molecule has 1 amide bonds. The Morgan fingerprint density at radius 2 is 2.27 bits per heavy atom. The number of nitrogens with one attached hydrogen (secondary N) is 2. The summed E-state index contributed by atoms with van der Waals surface area (Å²) in [4.78, 5) is 18.7. The standard InChI is InChI=1S/C18H28N4O2.2ClH/c1-14-13-22(8-9-24-14)17-4-2-16(11-20-17)12-21-18(23)5-3-15-6-7-19-10-15;;/h2,4,11,14-15,19H,3,5-10,12-13H2,1H3,(H,21,23);2*1H. The average Bonchev–Trinajstić information content (AvgIpc) is 3.12. The molecule has 0 spiro atoms. The molecule has 8 heteroatoms. The number of rotatable bonds is 6. The summed E-state index contributed by atoms with van der Waals surface area (Å²) in [6.07, 6.45) is 4.89. The maximum Gasteiger partial charge on any atom is 0.220 e. The number of ether oxygens (including phenoxy) is 1. The third-order valence-electron chi connectivity index (χ3n) is 4.81. The van der Waals surface area contributed by atoms with Crippen LogP contribution >= 0.6 is 24.8 Å². The molecule has 6 nitrogen and oxygen atoms in total. The third kappa shape index (κ3) is 6.91. The molecule has 2 N–H and O–H groups in total. The first-order valence-electron chi connectivity index (χ1n) is 8.99. The van der Waals surface area contributed by atoms with Gasteiger partial charge in [0.25, 0.3) is 0 Å². The maximum absolute atomic E-state index is 11.9. The van der Waals surface area contributed by atoms with Gasteiger partial charge in [-0.1, -0.05) is 6.07 Å². The molecule has 148 valence electrons. The Morgan fingerprint density at radius 1 is 1.42 bits per heavy atom. The molecule has 0 aromatic carbocycles. The Balaban J connectivity index is 0.00000169. The van der Waals surface area contributed by atoms with Gasteiger partial charge >= 0.3 is 0 Å². The van der Waals surface area contributed by atoms with E-state index < -0.39 is 0 Å². The van der Waals surface area contributed by atoms with Crippen molar-refractivity contribution in [1.29, 1.82) is 0 Å². The van der Waals surface area contributed by atoms with E-state index in [1.54, 1.807) is 0 Å². The highest BCUT2D eigenvalue weighted by atomic mass is 35.5. The van der Waals surface area contributed by atoms with Gasteiger partial charge < -0.3 is 20.3 Å². The lowest BCUT2D eigenvalue weighted by atomic mass is 10.0. The SMILES string of the molecule is CC1CN(c2ccc(CNC(=O)CCC3CCNC3)cn2)CCO1.Cl.Cl. The van der Waals surface area contributed by atoms with Gasteiger partial charge in [0.05, 0.1) is 12.7 Å². The van der Waals surface area contributed by atoms with Crippen molar-refractivity contribution in [1.82, 2.24) is 15.6 Å². The second-order valence-corrected chi connectivity index (χ2v) is 6.83. The molecule has 2 aliphatic heterocycles. The van der Waals surface area contributed by atoms with E-state index in [0.717, 1.165) is 50.6 Å². The molecule has 0 aliphatic carbocycles. The number of aromatic nitrogens is 1. The second kappa shape index (κ2) is 11.6. The van der Waals surface area contributed by atoms with E-state index in [1.165, 1.54) is 6.42 Å². The Labute approximate surface area is 168 Å². The van der Waals surface area contributed by atoms with Crippen LogP contribution in [-0.2, 0) is 16.1 Å². The summed E-state index contributed by atoms with van der Waals surface area (Å²) >= 11 is 0. The first kappa shape index (κ1) is 23.0. The van der Waals surface area contributed by atoms with Crippen molar-refractivity contribution in [2.75, 3.05) is 37.7 Å². The minimum atomic E-state index is 0. The number of nitrogens with zero attached hydrogens (tertiary/aromatic N) is 2. The third-order valence-corrected chi connectivity index (χ3v) is 4.81. The number of amides is 1. The van der Waals surface area contributed by atoms with Crippen molar-refractivity contribution >= 4 is 36.5 Å². The van der Waals surface area contributed by atoms with E-state index >= 15 is 0 Å². The number of morpholine rings is 1. The first-order valence-corrected chi connectivity index (χ1v) is 8.99. The van der Waals surface area contributed by atoms with Crippen LogP contribution in [0.25, 0.3) is 0 Å². The van der Waals surface area contributed by atoms with Crippen molar-refractivity contribution in [3.05, 3.63) is 23.9 Å². The molecule has 1 aromatic rings. The molecule has 1 aromatic heterocycles. The van der Waals surface area contributed by atoms with E-state index in [9.17, 15) is 4.79 Å². The predicted molar refractivity (Wildman–Crippen MR) is 108 cm³/mol. The fourth-order valence-corrected chi connectivity index (χ4v) is 3.32. The summed E-state index contributed by atoms with van der Waals surface area (Å²) in [6, 6.07) is 4.08. The van der Waals surface area contributed by atoms with Crippen LogP contribution in [0.3, 0.4) is 0 Å². The zero-order chi connectivity index (χ0) is 16.8. The average molecular weight is 405 g/mol. The maximum atomic E-state index is 11.9. The summed E-state index contributed by atoms with van der Waals surface area (Å²) in [6.45, 7) is 7.27. The number of pyridine rings is 1. The number of halogens is 2. The van der Waals surface area contributed by atoms with Crippen LogP contribution in [0.1, 0.15) is 31.7 Å². The highest BCUT2D eigenvalue weighted by Crippen LogP contribution is 2.16. The Kier molecular flexibility index (Phi) is 10.2. The Hall–Kier alpha value is -1.08.